The Kier molecular flexibility index (Phi) is 4.34. The fourth-order valence-corrected chi connectivity index (χ4v) is 3.08. The number of pyridine rings is 1. The summed E-state index contributed by atoms with van der Waals surface area (Å²) in [5, 5.41) is 9.99. The van der Waals surface area contributed by atoms with Gasteiger partial charge in [-0.25, -0.2) is 0 Å². The Morgan fingerprint density at radius 1 is 1.17 bits per heavy atom. The molecule has 6 heteroatoms. The van der Waals surface area contributed by atoms with Gasteiger partial charge in [-0.2, -0.15) is 11.3 Å². The van der Waals surface area contributed by atoms with Crippen molar-refractivity contribution in [1.82, 2.24) is 10.3 Å². The summed E-state index contributed by atoms with van der Waals surface area (Å²) in [5.74, 6) is -0.513. The molecule has 2 N–H and O–H groups in total. The van der Waals surface area contributed by atoms with Crippen molar-refractivity contribution in [3.63, 3.8) is 0 Å². The number of carbonyl (C=O) groups is 2. The van der Waals surface area contributed by atoms with Gasteiger partial charge in [0.1, 0.15) is 0 Å². The predicted octanol–water partition coefficient (Wildman–Crippen LogP) is 2.97. The van der Waals surface area contributed by atoms with Gasteiger partial charge in [0, 0.05) is 17.0 Å². The van der Waals surface area contributed by atoms with Crippen LogP contribution in [0.3, 0.4) is 0 Å². The molecule has 1 aromatic carbocycles. The Bertz CT molecular complexity index is 868. The first-order valence-corrected chi connectivity index (χ1v) is 8.04. The minimum atomic E-state index is -0.275. The molecule has 0 radical (unpaired) electrons. The van der Waals surface area contributed by atoms with Crippen LogP contribution in [-0.4, -0.2) is 23.3 Å². The van der Waals surface area contributed by atoms with E-state index in [1.165, 1.54) is 11.3 Å². The zero-order chi connectivity index (χ0) is 16.2. The van der Waals surface area contributed by atoms with Crippen LogP contribution in [0.5, 0.6) is 0 Å². The number of fused-ring (bicyclic) bond motifs is 1. The van der Waals surface area contributed by atoms with E-state index in [4.69, 9.17) is 0 Å². The summed E-state index contributed by atoms with van der Waals surface area (Å²) in [6.07, 6.45) is 1.71. The number of nitrogens with zero attached hydrogens (tertiary/aromatic N) is 1. The van der Waals surface area contributed by atoms with E-state index in [0.717, 1.165) is 16.5 Å². The predicted molar refractivity (Wildman–Crippen MR) is 91.8 cm³/mol. The maximum Gasteiger partial charge on any atom is 0.252 e. The van der Waals surface area contributed by atoms with Crippen LogP contribution >= 0.6 is 11.3 Å². The van der Waals surface area contributed by atoms with E-state index in [1.54, 1.807) is 11.6 Å². The van der Waals surface area contributed by atoms with Crippen molar-refractivity contribution < 1.29 is 9.59 Å². The monoisotopic (exact) mass is 325 g/mol. The summed E-state index contributed by atoms with van der Waals surface area (Å²) in [6, 6.07) is 9.24. The van der Waals surface area contributed by atoms with Gasteiger partial charge >= 0.3 is 0 Å². The molecule has 0 saturated carbocycles. The summed E-state index contributed by atoms with van der Waals surface area (Å²) >= 11 is 1.46. The van der Waals surface area contributed by atoms with Gasteiger partial charge in [0.2, 0.25) is 5.91 Å². The fraction of sp³-hybridized carbons (Fsp3) is 0.118. The average Bonchev–Trinajstić information content (AvgIpc) is 2.99. The average molecular weight is 325 g/mol. The van der Waals surface area contributed by atoms with E-state index in [1.807, 2.05) is 42.6 Å². The first-order chi connectivity index (χ1) is 11.1. The summed E-state index contributed by atoms with van der Waals surface area (Å²) in [5.41, 5.74) is 3.01. The molecule has 2 heterocycles. The number of anilines is 1. The van der Waals surface area contributed by atoms with E-state index >= 15 is 0 Å². The minimum absolute atomic E-state index is 0.0786. The van der Waals surface area contributed by atoms with Crippen molar-refractivity contribution in [1.29, 1.82) is 0 Å². The Hall–Kier alpha value is -2.73. The SMILES string of the molecule is Cc1cscc1C(=O)NCC(=O)Nc1cccc2ncccc12. The third kappa shape index (κ3) is 3.37. The van der Waals surface area contributed by atoms with Gasteiger partial charge in [0.25, 0.3) is 5.91 Å². The summed E-state index contributed by atoms with van der Waals surface area (Å²) in [6.45, 7) is 1.79. The Morgan fingerprint density at radius 3 is 2.83 bits per heavy atom. The number of amides is 2. The van der Waals surface area contributed by atoms with Gasteiger partial charge in [-0.3, -0.25) is 14.6 Å². The number of carbonyl (C=O) groups excluding carboxylic acids is 2. The first kappa shape index (κ1) is 15.2. The lowest BCUT2D eigenvalue weighted by Gasteiger charge is -2.09. The van der Waals surface area contributed by atoms with Crippen molar-refractivity contribution in [3.05, 3.63) is 58.4 Å². The van der Waals surface area contributed by atoms with Crippen LogP contribution < -0.4 is 10.6 Å². The van der Waals surface area contributed by atoms with Crippen LogP contribution in [0.1, 0.15) is 15.9 Å². The van der Waals surface area contributed by atoms with Gasteiger partial charge in [0.15, 0.2) is 0 Å². The van der Waals surface area contributed by atoms with Crippen molar-refractivity contribution >= 4 is 39.7 Å². The number of aryl methyl sites for hydroxylation is 1. The maximum atomic E-state index is 12.1. The molecule has 3 aromatic rings. The highest BCUT2D eigenvalue weighted by Crippen LogP contribution is 2.21. The van der Waals surface area contributed by atoms with Crippen LogP contribution in [0, 0.1) is 6.92 Å². The normalized spacial score (nSPS) is 10.5. The van der Waals surface area contributed by atoms with Gasteiger partial charge < -0.3 is 10.6 Å². The van der Waals surface area contributed by atoms with Crippen LogP contribution in [0.25, 0.3) is 10.9 Å². The van der Waals surface area contributed by atoms with Crippen LogP contribution in [0.2, 0.25) is 0 Å². The molecule has 116 valence electrons. The van der Waals surface area contributed by atoms with Gasteiger partial charge in [-0.15, -0.1) is 0 Å². The van der Waals surface area contributed by atoms with Gasteiger partial charge in [-0.1, -0.05) is 6.07 Å². The quantitative estimate of drug-likeness (QED) is 0.775. The van der Waals surface area contributed by atoms with E-state index in [0.29, 0.717) is 11.3 Å². The molecule has 5 nitrogen and oxygen atoms in total. The van der Waals surface area contributed by atoms with E-state index < -0.39 is 0 Å². The molecule has 0 saturated heterocycles. The second kappa shape index (κ2) is 6.58. The first-order valence-electron chi connectivity index (χ1n) is 7.10. The molecule has 0 aliphatic carbocycles. The number of nitrogens with one attached hydrogen (secondary N) is 2. The van der Waals surface area contributed by atoms with Crippen molar-refractivity contribution in [2.75, 3.05) is 11.9 Å². The zero-order valence-corrected chi connectivity index (χ0v) is 13.3. The molecule has 0 bridgehead atoms. The second-order valence-electron chi connectivity index (χ2n) is 5.07. The smallest absolute Gasteiger partial charge is 0.252 e. The molecule has 0 aliphatic heterocycles. The summed E-state index contributed by atoms with van der Waals surface area (Å²) in [7, 11) is 0. The topological polar surface area (TPSA) is 71.1 Å². The Balaban J connectivity index is 1.65. The molecule has 23 heavy (non-hydrogen) atoms. The van der Waals surface area contributed by atoms with Crippen molar-refractivity contribution in [3.8, 4) is 0 Å². The largest absolute Gasteiger partial charge is 0.343 e. The lowest BCUT2D eigenvalue weighted by atomic mass is 10.2. The Morgan fingerprint density at radius 2 is 2.04 bits per heavy atom. The molecule has 0 fully saturated rings. The number of aromatic nitrogens is 1. The van der Waals surface area contributed by atoms with E-state index in [-0.39, 0.29) is 18.4 Å². The standard InChI is InChI=1S/C17H15N3O2S/c1-11-9-23-10-13(11)17(22)19-8-16(21)20-15-6-2-5-14-12(15)4-3-7-18-14/h2-7,9-10H,8H2,1H3,(H,19,22)(H,20,21). The van der Waals surface area contributed by atoms with Gasteiger partial charge in [0.05, 0.1) is 23.3 Å². The maximum absolute atomic E-state index is 12.1. The van der Waals surface area contributed by atoms with Crippen molar-refractivity contribution in [2.45, 2.75) is 6.92 Å². The van der Waals surface area contributed by atoms with Crippen molar-refractivity contribution in [2.24, 2.45) is 0 Å². The molecule has 0 spiro atoms. The third-order valence-corrected chi connectivity index (χ3v) is 4.29. The number of benzene rings is 1. The number of rotatable bonds is 4. The lowest BCUT2D eigenvalue weighted by molar-refractivity contribution is -0.115. The van der Waals surface area contributed by atoms with Crippen LogP contribution in [0.4, 0.5) is 5.69 Å². The Labute approximate surface area is 137 Å². The lowest BCUT2D eigenvalue weighted by Crippen LogP contribution is -2.33. The molecular weight excluding hydrogens is 310 g/mol. The fourth-order valence-electron chi connectivity index (χ4n) is 2.26. The third-order valence-electron chi connectivity index (χ3n) is 3.43. The molecule has 2 aromatic heterocycles. The second-order valence-corrected chi connectivity index (χ2v) is 5.82. The van der Waals surface area contributed by atoms with Crippen LogP contribution in [-0.2, 0) is 4.79 Å². The summed E-state index contributed by atoms with van der Waals surface area (Å²) < 4.78 is 0. The zero-order valence-electron chi connectivity index (χ0n) is 12.5. The molecule has 2 amide bonds. The number of hydrogen-bond acceptors (Lipinski definition) is 4. The molecule has 0 atom stereocenters. The van der Waals surface area contributed by atoms with Crippen LogP contribution in [0.15, 0.2) is 47.3 Å². The molecule has 0 unspecified atom stereocenters. The molecule has 3 rings (SSSR count). The number of hydrogen-bond donors (Lipinski definition) is 2. The minimum Gasteiger partial charge on any atom is -0.343 e. The van der Waals surface area contributed by atoms with E-state index in [2.05, 4.69) is 15.6 Å². The molecular formula is C17H15N3O2S. The summed E-state index contributed by atoms with van der Waals surface area (Å²) in [4.78, 5) is 28.3. The number of thiophene rings is 1. The highest BCUT2D eigenvalue weighted by atomic mass is 32.1. The highest BCUT2D eigenvalue weighted by molar-refractivity contribution is 7.08. The highest BCUT2D eigenvalue weighted by Gasteiger charge is 2.12. The van der Waals surface area contributed by atoms with Gasteiger partial charge in [-0.05, 0) is 42.1 Å². The molecule has 0 aliphatic rings. The van der Waals surface area contributed by atoms with E-state index in [9.17, 15) is 9.59 Å².